The molecule has 0 aliphatic rings. The van der Waals surface area contributed by atoms with Gasteiger partial charge in [0.05, 0.1) is 11.4 Å². The highest BCUT2D eigenvalue weighted by molar-refractivity contribution is 5.89. The van der Waals surface area contributed by atoms with Crippen molar-refractivity contribution >= 4 is 23.8 Å². The molecule has 0 aliphatic heterocycles. The minimum atomic E-state index is 0.212. The fourth-order valence-corrected chi connectivity index (χ4v) is 3.45. The highest BCUT2D eigenvalue weighted by Gasteiger charge is 2.04. The van der Waals surface area contributed by atoms with E-state index in [4.69, 9.17) is 0 Å². The number of phenolic OH excluding ortho intramolecular Hbond substituents is 2. The van der Waals surface area contributed by atoms with E-state index in [-0.39, 0.29) is 11.5 Å². The topological polar surface area (TPSA) is 65.2 Å². The minimum Gasteiger partial charge on any atom is -0.507 e. The molecular weight excluding hydrogens is 396 g/mol. The normalized spacial score (nSPS) is 11.6. The molecule has 4 nitrogen and oxygen atoms in total. The van der Waals surface area contributed by atoms with Crippen molar-refractivity contribution in [2.45, 2.75) is 52.4 Å². The van der Waals surface area contributed by atoms with Crippen molar-refractivity contribution in [2.75, 3.05) is 0 Å². The second kappa shape index (κ2) is 11.8. The van der Waals surface area contributed by atoms with Gasteiger partial charge in [0, 0.05) is 23.6 Å². The summed E-state index contributed by atoms with van der Waals surface area (Å²) in [6, 6.07) is 18.9. The van der Waals surface area contributed by atoms with Crippen molar-refractivity contribution in [2.24, 2.45) is 9.98 Å². The highest BCUT2D eigenvalue weighted by Crippen LogP contribution is 2.29. The third-order valence-corrected chi connectivity index (χ3v) is 5.39. The van der Waals surface area contributed by atoms with Crippen LogP contribution >= 0.6 is 0 Å². The number of nitrogens with zero attached hydrogens (tertiary/aromatic N) is 2. The number of hydrogen-bond donors (Lipinski definition) is 2. The maximum Gasteiger partial charge on any atom is 0.124 e. The average Bonchev–Trinajstić information content (AvgIpc) is 2.81. The van der Waals surface area contributed by atoms with Gasteiger partial charge in [0.1, 0.15) is 11.5 Å². The molecule has 0 heterocycles. The third kappa shape index (κ3) is 6.55. The van der Waals surface area contributed by atoms with E-state index in [2.05, 4.69) is 23.8 Å². The molecule has 0 atom stereocenters. The summed E-state index contributed by atoms with van der Waals surface area (Å²) >= 11 is 0. The monoisotopic (exact) mass is 428 g/mol. The van der Waals surface area contributed by atoms with E-state index in [0.717, 1.165) is 38.5 Å². The lowest BCUT2D eigenvalue weighted by molar-refractivity contribution is 0.473. The van der Waals surface area contributed by atoms with Crippen molar-refractivity contribution in [3.8, 4) is 11.5 Å². The largest absolute Gasteiger partial charge is 0.507 e. The molecule has 3 aromatic rings. The number of aryl methyl sites for hydroxylation is 2. The number of benzene rings is 3. The zero-order chi connectivity index (χ0) is 22.8. The Bertz CT molecular complexity index is 1000. The molecule has 2 N–H and O–H groups in total. The van der Waals surface area contributed by atoms with Gasteiger partial charge in [0.15, 0.2) is 0 Å². The second-order valence-corrected chi connectivity index (χ2v) is 8.00. The number of para-hydroxylation sites is 2. The van der Waals surface area contributed by atoms with Crippen molar-refractivity contribution in [3.63, 3.8) is 0 Å². The molecule has 0 fully saturated rings. The Morgan fingerprint density at radius 2 is 1.09 bits per heavy atom. The predicted molar refractivity (Wildman–Crippen MR) is 134 cm³/mol. The summed E-state index contributed by atoms with van der Waals surface area (Å²) in [5.41, 5.74) is 5.16. The lowest BCUT2D eigenvalue weighted by Crippen LogP contribution is -1.90. The average molecular weight is 429 g/mol. The number of rotatable bonds is 10. The van der Waals surface area contributed by atoms with Crippen LogP contribution in [0.2, 0.25) is 0 Å². The molecule has 0 spiro atoms. The van der Waals surface area contributed by atoms with Gasteiger partial charge in [-0.2, -0.15) is 0 Å². The van der Waals surface area contributed by atoms with Crippen LogP contribution in [0.3, 0.4) is 0 Å². The molecule has 4 heteroatoms. The van der Waals surface area contributed by atoms with Crippen molar-refractivity contribution in [3.05, 3.63) is 82.9 Å². The molecule has 0 amide bonds. The number of hydrogen-bond acceptors (Lipinski definition) is 4. The fourth-order valence-electron chi connectivity index (χ4n) is 3.45. The standard InChI is InChI=1S/C28H32N2O2/c1-3-5-9-21-13-15-27(31)23(17-21)19-29-25-11-7-8-12-26(25)30-20-24-18-22(10-6-4-2)14-16-28(24)32/h7-8,11-20,31-32H,3-6,9-10H2,1-2H3. The van der Waals surface area contributed by atoms with Gasteiger partial charge in [0.25, 0.3) is 0 Å². The Morgan fingerprint density at radius 1 is 0.656 bits per heavy atom. The van der Waals surface area contributed by atoms with Gasteiger partial charge in [-0.25, -0.2) is 0 Å². The maximum absolute atomic E-state index is 10.2. The van der Waals surface area contributed by atoms with Crippen LogP contribution in [0.5, 0.6) is 11.5 Å². The van der Waals surface area contributed by atoms with E-state index in [1.165, 1.54) is 11.1 Å². The van der Waals surface area contributed by atoms with Gasteiger partial charge in [0.2, 0.25) is 0 Å². The molecule has 0 saturated heterocycles. The van der Waals surface area contributed by atoms with Crippen LogP contribution in [-0.2, 0) is 12.8 Å². The molecule has 3 rings (SSSR count). The van der Waals surface area contributed by atoms with Gasteiger partial charge >= 0.3 is 0 Å². The van der Waals surface area contributed by atoms with Gasteiger partial charge in [-0.3, -0.25) is 9.98 Å². The lowest BCUT2D eigenvalue weighted by Gasteiger charge is -2.05. The number of phenols is 2. The lowest BCUT2D eigenvalue weighted by atomic mass is 10.1. The molecule has 0 unspecified atom stereocenters. The van der Waals surface area contributed by atoms with E-state index in [0.29, 0.717) is 22.5 Å². The minimum absolute atomic E-state index is 0.212. The second-order valence-electron chi connectivity index (χ2n) is 8.00. The highest BCUT2D eigenvalue weighted by atomic mass is 16.3. The molecule has 3 aromatic carbocycles. The molecule has 0 aromatic heterocycles. The third-order valence-electron chi connectivity index (χ3n) is 5.39. The Labute approximate surface area is 191 Å². The van der Waals surface area contributed by atoms with Crippen LogP contribution in [0.15, 0.2) is 70.6 Å². The predicted octanol–water partition coefficient (Wildman–Crippen LogP) is 7.28. The molecule has 0 aliphatic carbocycles. The van der Waals surface area contributed by atoms with Crippen molar-refractivity contribution in [1.29, 1.82) is 0 Å². The summed E-state index contributed by atoms with van der Waals surface area (Å²) in [5.74, 6) is 0.424. The van der Waals surface area contributed by atoms with E-state index >= 15 is 0 Å². The summed E-state index contributed by atoms with van der Waals surface area (Å²) < 4.78 is 0. The Morgan fingerprint density at radius 3 is 1.50 bits per heavy atom. The molecule has 32 heavy (non-hydrogen) atoms. The Hall–Kier alpha value is -3.40. The van der Waals surface area contributed by atoms with Gasteiger partial charge in [-0.15, -0.1) is 0 Å². The number of aromatic hydroxyl groups is 2. The summed E-state index contributed by atoms with van der Waals surface area (Å²) in [6.45, 7) is 4.34. The SMILES string of the molecule is CCCCc1ccc(O)c(C=Nc2ccccc2N=Cc2cc(CCCC)ccc2O)c1. The van der Waals surface area contributed by atoms with Crippen LogP contribution in [-0.4, -0.2) is 22.6 Å². The van der Waals surface area contributed by atoms with Gasteiger partial charge in [-0.1, -0.05) is 51.0 Å². The number of unbranched alkanes of at least 4 members (excludes halogenated alkanes) is 2. The van der Waals surface area contributed by atoms with Gasteiger partial charge < -0.3 is 10.2 Å². The zero-order valence-electron chi connectivity index (χ0n) is 19.0. The first kappa shape index (κ1) is 23.3. The van der Waals surface area contributed by atoms with Gasteiger partial charge in [-0.05, 0) is 73.2 Å². The van der Waals surface area contributed by atoms with E-state index in [1.807, 2.05) is 48.5 Å². The smallest absolute Gasteiger partial charge is 0.124 e. The van der Waals surface area contributed by atoms with E-state index < -0.39 is 0 Å². The van der Waals surface area contributed by atoms with Crippen LogP contribution in [0.25, 0.3) is 0 Å². The molecule has 0 radical (unpaired) electrons. The van der Waals surface area contributed by atoms with Crippen molar-refractivity contribution < 1.29 is 10.2 Å². The van der Waals surface area contributed by atoms with Crippen LogP contribution in [0.4, 0.5) is 11.4 Å². The Balaban J connectivity index is 1.83. The van der Waals surface area contributed by atoms with Crippen molar-refractivity contribution in [1.82, 2.24) is 0 Å². The maximum atomic E-state index is 10.2. The Kier molecular flexibility index (Phi) is 8.61. The molecule has 0 bridgehead atoms. The fraction of sp³-hybridized carbons (Fsp3) is 0.286. The van der Waals surface area contributed by atoms with Crippen LogP contribution < -0.4 is 0 Å². The summed E-state index contributed by atoms with van der Waals surface area (Å²) in [6.07, 6.45) is 9.83. The first-order chi connectivity index (χ1) is 15.6. The molecular formula is C28H32N2O2. The summed E-state index contributed by atoms with van der Waals surface area (Å²) in [5, 5.41) is 20.5. The summed E-state index contributed by atoms with van der Waals surface area (Å²) in [4.78, 5) is 9.18. The van der Waals surface area contributed by atoms with E-state index in [9.17, 15) is 10.2 Å². The molecule has 0 saturated carbocycles. The molecule has 166 valence electrons. The first-order valence-corrected chi connectivity index (χ1v) is 11.4. The summed E-state index contributed by atoms with van der Waals surface area (Å²) in [7, 11) is 0. The van der Waals surface area contributed by atoms with Crippen LogP contribution in [0.1, 0.15) is 61.8 Å². The number of aliphatic imine (C=N–C) groups is 2. The first-order valence-electron chi connectivity index (χ1n) is 11.4. The quantitative estimate of drug-likeness (QED) is 0.333. The zero-order valence-corrected chi connectivity index (χ0v) is 19.0. The van der Waals surface area contributed by atoms with E-state index in [1.54, 1.807) is 24.6 Å². The van der Waals surface area contributed by atoms with Crippen LogP contribution in [0, 0.1) is 0 Å².